The van der Waals surface area contributed by atoms with Crippen LogP contribution in [-0.2, 0) is 15.9 Å². The molecular weight excluding hydrogens is 468 g/mol. The molecule has 0 aliphatic heterocycles. The third-order valence-electron chi connectivity index (χ3n) is 6.32. The molecular formula is C26H22N2O8. The largest absolute Gasteiger partial charge is 0.461 e. The summed E-state index contributed by atoms with van der Waals surface area (Å²) in [6.45, 7) is 1.80. The van der Waals surface area contributed by atoms with Gasteiger partial charge in [-0.3, -0.25) is 20.2 Å². The number of hydrogen-bond donors (Lipinski definition) is 0. The van der Waals surface area contributed by atoms with E-state index < -0.39 is 33.3 Å². The average molecular weight is 490 g/mol. The molecule has 36 heavy (non-hydrogen) atoms. The molecule has 0 radical (unpaired) electrons. The molecule has 0 saturated heterocycles. The summed E-state index contributed by atoms with van der Waals surface area (Å²) in [7, 11) is 0. The Morgan fingerprint density at radius 3 is 1.94 bits per heavy atom. The maximum absolute atomic E-state index is 13.0. The number of nitrogens with zero attached hydrogens (tertiary/aromatic N) is 2. The molecule has 3 aromatic rings. The number of benzene rings is 3. The van der Waals surface area contributed by atoms with Crippen LogP contribution in [0.5, 0.6) is 0 Å². The van der Waals surface area contributed by atoms with Gasteiger partial charge in [-0.25, -0.2) is 9.59 Å². The lowest BCUT2D eigenvalue weighted by Gasteiger charge is -2.41. The summed E-state index contributed by atoms with van der Waals surface area (Å²) in [6, 6.07) is 17.8. The zero-order valence-corrected chi connectivity index (χ0v) is 19.3. The number of carbonyl (C=O) groups excluding carboxylic acids is 2. The zero-order chi connectivity index (χ0) is 25.9. The number of hydrogen-bond acceptors (Lipinski definition) is 8. The van der Waals surface area contributed by atoms with Crippen LogP contribution in [0.25, 0.3) is 0 Å². The van der Waals surface area contributed by atoms with Gasteiger partial charge in [-0.2, -0.15) is 0 Å². The number of esters is 2. The molecule has 3 aromatic carbocycles. The Bertz CT molecular complexity index is 1320. The van der Waals surface area contributed by atoms with E-state index in [4.69, 9.17) is 9.47 Å². The van der Waals surface area contributed by atoms with Gasteiger partial charge in [0.15, 0.2) is 0 Å². The Balaban J connectivity index is 1.55. The van der Waals surface area contributed by atoms with Crippen molar-refractivity contribution in [3.8, 4) is 0 Å². The Morgan fingerprint density at radius 1 is 0.861 bits per heavy atom. The van der Waals surface area contributed by atoms with Crippen molar-refractivity contribution in [2.24, 2.45) is 5.41 Å². The second-order valence-electron chi connectivity index (χ2n) is 8.82. The molecule has 0 amide bonds. The Kier molecular flexibility index (Phi) is 6.77. The van der Waals surface area contributed by atoms with E-state index in [9.17, 15) is 29.8 Å². The molecule has 0 unspecified atom stereocenters. The summed E-state index contributed by atoms with van der Waals surface area (Å²) in [5.74, 6) is -1.30. The third-order valence-corrected chi connectivity index (χ3v) is 6.32. The van der Waals surface area contributed by atoms with Crippen molar-refractivity contribution < 1.29 is 28.9 Å². The van der Waals surface area contributed by atoms with Crippen molar-refractivity contribution in [3.05, 3.63) is 115 Å². The van der Waals surface area contributed by atoms with Gasteiger partial charge in [-0.05, 0) is 48.2 Å². The third kappa shape index (κ3) is 5.07. The monoisotopic (exact) mass is 490 g/mol. The van der Waals surface area contributed by atoms with Crippen LogP contribution < -0.4 is 0 Å². The molecule has 0 saturated carbocycles. The molecule has 0 N–H and O–H groups in total. The summed E-state index contributed by atoms with van der Waals surface area (Å²) in [5, 5.41) is 21.8. The predicted molar refractivity (Wildman–Crippen MR) is 128 cm³/mol. The minimum absolute atomic E-state index is 0.0602. The molecule has 184 valence electrons. The Hall–Kier alpha value is -4.60. The van der Waals surface area contributed by atoms with Crippen molar-refractivity contribution in [1.82, 2.24) is 0 Å². The van der Waals surface area contributed by atoms with E-state index >= 15 is 0 Å². The number of nitro benzene ring substituents is 2. The summed E-state index contributed by atoms with van der Waals surface area (Å²) >= 11 is 0. The molecule has 1 aliphatic rings. The van der Waals surface area contributed by atoms with Gasteiger partial charge in [0.05, 0.1) is 21.0 Å². The fourth-order valence-electron chi connectivity index (χ4n) is 4.23. The second kappa shape index (κ2) is 9.95. The standard InChI is InChI=1S/C26H22N2O8/c1-26(16-35-24(29)18-6-10-20(11-7-18)27(31)32)15-14-17-4-2-3-5-22(17)23(26)36-25(30)19-8-12-21(13-9-19)28(33)34/h2-13,23H,14-16H2,1H3/t23-,26+/m0/s1. The topological polar surface area (TPSA) is 139 Å². The minimum atomic E-state index is -0.763. The molecule has 0 aromatic heterocycles. The lowest BCUT2D eigenvalue weighted by molar-refractivity contribution is -0.385. The van der Waals surface area contributed by atoms with Crippen LogP contribution in [0.2, 0.25) is 0 Å². The molecule has 0 heterocycles. The number of fused-ring (bicyclic) bond motifs is 1. The number of non-ortho nitro benzene ring substituents is 2. The van der Waals surface area contributed by atoms with E-state index in [2.05, 4.69) is 0 Å². The van der Waals surface area contributed by atoms with Crippen molar-refractivity contribution >= 4 is 23.3 Å². The highest BCUT2D eigenvalue weighted by molar-refractivity contribution is 5.90. The molecule has 2 atom stereocenters. The normalized spacial score (nSPS) is 18.5. The summed E-state index contributed by atoms with van der Waals surface area (Å²) in [4.78, 5) is 46.3. The summed E-state index contributed by atoms with van der Waals surface area (Å²) < 4.78 is 11.5. The van der Waals surface area contributed by atoms with E-state index in [1.165, 1.54) is 48.5 Å². The van der Waals surface area contributed by atoms with E-state index in [1.54, 1.807) is 0 Å². The van der Waals surface area contributed by atoms with Gasteiger partial charge in [0.1, 0.15) is 12.7 Å². The van der Waals surface area contributed by atoms with Crippen LogP contribution >= 0.6 is 0 Å². The molecule has 0 spiro atoms. The van der Waals surface area contributed by atoms with Crippen molar-refractivity contribution in [1.29, 1.82) is 0 Å². The highest BCUT2D eigenvalue weighted by atomic mass is 16.6. The number of ether oxygens (including phenoxy) is 2. The van der Waals surface area contributed by atoms with Gasteiger partial charge in [-0.1, -0.05) is 31.2 Å². The van der Waals surface area contributed by atoms with Gasteiger partial charge >= 0.3 is 11.9 Å². The highest BCUT2D eigenvalue weighted by Crippen LogP contribution is 2.46. The second-order valence-corrected chi connectivity index (χ2v) is 8.82. The smallest absolute Gasteiger partial charge is 0.338 e. The summed E-state index contributed by atoms with van der Waals surface area (Å²) in [6.07, 6.45) is 0.512. The molecule has 10 nitrogen and oxygen atoms in total. The number of rotatable bonds is 7. The number of nitro groups is 2. The predicted octanol–water partition coefficient (Wildman–Crippen LogP) is 5.21. The van der Waals surface area contributed by atoms with Gasteiger partial charge < -0.3 is 9.47 Å². The maximum atomic E-state index is 13.0. The SMILES string of the molecule is C[C@]1(COC(=O)c2ccc([N+](=O)[O-])cc2)CCc2ccccc2[C@@H]1OC(=O)c1ccc([N+](=O)[O-])cc1. The van der Waals surface area contributed by atoms with E-state index in [0.29, 0.717) is 12.8 Å². The first kappa shape index (κ1) is 24.5. The first-order valence-corrected chi connectivity index (χ1v) is 11.1. The van der Waals surface area contributed by atoms with Gasteiger partial charge in [-0.15, -0.1) is 0 Å². The number of carbonyl (C=O) groups is 2. The van der Waals surface area contributed by atoms with E-state index in [-0.39, 0.29) is 29.1 Å². The molecule has 4 rings (SSSR count). The minimum Gasteiger partial charge on any atom is -0.461 e. The van der Waals surface area contributed by atoms with Crippen LogP contribution in [-0.4, -0.2) is 28.4 Å². The first-order chi connectivity index (χ1) is 17.2. The van der Waals surface area contributed by atoms with Crippen LogP contribution in [0, 0.1) is 25.6 Å². The fourth-order valence-corrected chi connectivity index (χ4v) is 4.23. The first-order valence-electron chi connectivity index (χ1n) is 11.1. The summed E-state index contributed by atoms with van der Waals surface area (Å²) in [5.41, 5.74) is 1.10. The maximum Gasteiger partial charge on any atom is 0.338 e. The highest BCUT2D eigenvalue weighted by Gasteiger charge is 2.43. The molecule has 10 heteroatoms. The number of aryl methyl sites for hydroxylation is 1. The van der Waals surface area contributed by atoms with Crippen molar-refractivity contribution in [2.75, 3.05) is 6.61 Å². The van der Waals surface area contributed by atoms with Crippen LogP contribution in [0.4, 0.5) is 11.4 Å². The van der Waals surface area contributed by atoms with Crippen LogP contribution in [0.3, 0.4) is 0 Å². The zero-order valence-electron chi connectivity index (χ0n) is 19.3. The van der Waals surface area contributed by atoms with Crippen LogP contribution in [0.15, 0.2) is 72.8 Å². The molecule has 0 bridgehead atoms. The molecule has 0 fully saturated rings. The fraction of sp³-hybridized carbons (Fsp3) is 0.231. The van der Waals surface area contributed by atoms with Gasteiger partial charge in [0.25, 0.3) is 11.4 Å². The average Bonchev–Trinajstić information content (AvgIpc) is 2.89. The van der Waals surface area contributed by atoms with E-state index in [0.717, 1.165) is 11.1 Å². The van der Waals surface area contributed by atoms with Gasteiger partial charge in [0, 0.05) is 29.7 Å². The lowest BCUT2D eigenvalue weighted by Crippen LogP contribution is -2.38. The Labute approximate surface area is 205 Å². The van der Waals surface area contributed by atoms with Crippen LogP contribution in [0.1, 0.15) is 51.3 Å². The van der Waals surface area contributed by atoms with Gasteiger partial charge in [0.2, 0.25) is 0 Å². The van der Waals surface area contributed by atoms with Crippen molar-refractivity contribution in [2.45, 2.75) is 25.9 Å². The molecule has 1 aliphatic carbocycles. The van der Waals surface area contributed by atoms with Crippen molar-refractivity contribution in [3.63, 3.8) is 0 Å². The quantitative estimate of drug-likeness (QED) is 0.250. The Morgan fingerprint density at radius 2 is 1.39 bits per heavy atom. The lowest BCUT2D eigenvalue weighted by atomic mass is 9.71. The van der Waals surface area contributed by atoms with E-state index in [1.807, 2.05) is 31.2 Å².